The molecule has 4 heteroatoms. The Labute approximate surface area is 200 Å². The Morgan fingerprint density at radius 1 is 0.647 bits per heavy atom. The maximum Gasteiger partial charge on any atom is 0.122 e. The predicted molar refractivity (Wildman–Crippen MR) is 139 cm³/mol. The van der Waals surface area contributed by atoms with Crippen LogP contribution in [0.1, 0.15) is 16.7 Å². The zero-order valence-corrected chi connectivity index (χ0v) is 19.1. The van der Waals surface area contributed by atoms with Crippen LogP contribution >= 0.6 is 0 Å². The summed E-state index contributed by atoms with van der Waals surface area (Å²) in [6.07, 6.45) is 2.01. The number of benzene rings is 4. The Kier molecular flexibility index (Phi) is 5.36. The highest BCUT2D eigenvalue weighted by Gasteiger charge is 2.39. The molecule has 4 aromatic carbocycles. The van der Waals surface area contributed by atoms with Gasteiger partial charge in [-0.3, -0.25) is 0 Å². The first kappa shape index (κ1) is 20.7. The summed E-state index contributed by atoms with van der Waals surface area (Å²) in [4.78, 5) is 7.34. The van der Waals surface area contributed by atoms with Gasteiger partial charge in [-0.05, 0) is 34.9 Å². The summed E-state index contributed by atoms with van der Waals surface area (Å²) in [5, 5.41) is 3.46. The van der Waals surface area contributed by atoms with Crippen LogP contribution in [-0.2, 0) is 5.54 Å². The fourth-order valence-corrected chi connectivity index (χ4v) is 5.34. The molecule has 1 aliphatic rings. The summed E-state index contributed by atoms with van der Waals surface area (Å²) >= 11 is 0. The van der Waals surface area contributed by atoms with Gasteiger partial charge in [0.1, 0.15) is 5.54 Å². The average Bonchev–Trinajstić information content (AvgIpc) is 3.35. The van der Waals surface area contributed by atoms with Crippen molar-refractivity contribution in [2.24, 2.45) is 0 Å². The van der Waals surface area contributed by atoms with Gasteiger partial charge in [0.25, 0.3) is 0 Å². The Hall–Kier alpha value is -3.89. The lowest BCUT2D eigenvalue weighted by Crippen LogP contribution is -2.43. The van der Waals surface area contributed by atoms with Crippen LogP contribution in [0, 0.1) is 0 Å². The first-order valence-electron chi connectivity index (χ1n) is 12.0. The second kappa shape index (κ2) is 8.81. The van der Waals surface area contributed by atoms with Crippen molar-refractivity contribution in [2.45, 2.75) is 5.54 Å². The maximum absolute atomic E-state index is 4.88. The van der Waals surface area contributed by atoms with Gasteiger partial charge in [-0.15, -0.1) is 0 Å². The molecule has 2 heterocycles. The van der Waals surface area contributed by atoms with Gasteiger partial charge >= 0.3 is 0 Å². The van der Waals surface area contributed by atoms with E-state index in [9.17, 15) is 0 Å². The normalized spacial score (nSPS) is 14.4. The van der Waals surface area contributed by atoms with Gasteiger partial charge in [-0.25, -0.2) is 4.98 Å². The zero-order chi connectivity index (χ0) is 22.8. The molecule has 1 fully saturated rings. The molecule has 4 nitrogen and oxygen atoms in total. The number of fused-ring (bicyclic) bond motifs is 1. The van der Waals surface area contributed by atoms with Gasteiger partial charge in [0.05, 0.1) is 17.4 Å². The molecule has 0 bridgehead atoms. The van der Waals surface area contributed by atoms with Crippen molar-refractivity contribution in [1.29, 1.82) is 0 Å². The van der Waals surface area contributed by atoms with E-state index in [1.807, 2.05) is 6.33 Å². The summed E-state index contributed by atoms with van der Waals surface area (Å²) in [7, 11) is 0. The number of imidazole rings is 1. The van der Waals surface area contributed by atoms with E-state index in [1.54, 1.807) is 0 Å². The van der Waals surface area contributed by atoms with Gasteiger partial charge in [-0.2, -0.15) is 0 Å². The van der Waals surface area contributed by atoms with Crippen molar-refractivity contribution >= 4 is 16.7 Å². The quantitative estimate of drug-likeness (QED) is 0.374. The molecule has 1 aromatic heterocycles. The lowest BCUT2D eigenvalue weighted by Gasteiger charge is -2.38. The predicted octanol–water partition coefficient (Wildman–Crippen LogP) is 5.29. The topological polar surface area (TPSA) is 33.1 Å². The molecule has 1 N–H and O–H groups in total. The maximum atomic E-state index is 4.88. The number of rotatable bonds is 5. The van der Waals surface area contributed by atoms with Gasteiger partial charge in [0.15, 0.2) is 0 Å². The molecule has 0 radical (unpaired) electrons. The third-order valence-electron chi connectivity index (χ3n) is 6.95. The molecule has 168 valence electrons. The molecule has 0 unspecified atom stereocenters. The van der Waals surface area contributed by atoms with Gasteiger partial charge < -0.3 is 14.8 Å². The molecular weight excluding hydrogens is 416 g/mol. The van der Waals surface area contributed by atoms with Crippen LogP contribution in [0.4, 0.5) is 5.69 Å². The van der Waals surface area contributed by atoms with Crippen molar-refractivity contribution in [3.8, 4) is 0 Å². The summed E-state index contributed by atoms with van der Waals surface area (Å²) in [6.45, 7) is 4.06. The van der Waals surface area contributed by atoms with Gasteiger partial charge in [-0.1, -0.05) is 91.0 Å². The monoisotopic (exact) mass is 444 g/mol. The zero-order valence-electron chi connectivity index (χ0n) is 19.1. The van der Waals surface area contributed by atoms with E-state index in [2.05, 4.69) is 124 Å². The van der Waals surface area contributed by atoms with E-state index in [1.165, 1.54) is 22.4 Å². The number of anilines is 1. The third-order valence-corrected chi connectivity index (χ3v) is 6.95. The SMILES string of the molecule is c1ccc(C(c2ccccc2)(c2ccccc2)n2cnc3ccc(N4CCNCC4)cc32)cc1. The standard InChI is InChI=1S/C30H28N4/c1-4-10-24(11-5-1)30(25-12-6-2-7-13-25,26-14-8-3-9-15-26)34-23-32-28-17-16-27(22-29(28)34)33-20-18-31-19-21-33/h1-17,22-23,31H,18-21H2. The second-order valence-electron chi connectivity index (χ2n) is 8.83. The first-order valence-corrected chi connectivity index (χ1v) is 12.0. The molecule has 1 saturated heterocycles. The van der Waals surface area contributed by atoms with Crippen LogP contribution < -0.4 is 10.2 Å². The average molecular weight is 445 g/mol. The smallest absolute Gasteiger partial charge is 0.122 e. The van der Waals surface area contributed by atoms with E-state index in [0.717, 1.165) is 37.2 Å². The van der Waals surface area contributed by atoms with Crippen LogP contribution in [0.3, 0.4) is 0 Å². The van der Waals surface area contributed by atoms with Crippen molar-refractivity contribution in [3.63, 3.8) is 0 Å². The molecule has 34 heavy (non-hydrogen) atoms. The van der Waals surface area contributed by atoms with E-state index >= 15 is 0 Å². The molecule has 0 atom stereocenters. The summed E-state index contributed by atoms with van der Waals surface area (Å²) in [5.74, 6) is 0. The lowest BCUT2D eigenvalue weighted by molar-refractivity contribution is 0.529. The number of hydrogen-bond donors (Lipinski definition) is 1. The number of nitrogens with one attached hydrogen (secondary N) is 1. The minimum Gasteiger partial charge on any atom is -0.369 e. The van der Waals surface area contributed by atoms with E-state index in [0.29, 0.717) is 0 Å². The molecule has 0 saturated carbocycles. The van der Waals surface area contributed by atoms with Crippen LogP contribution in [0.2, 0.25) is 0 Å². The molecule has 0 aliphatic carbocycles. The van der Waals surface area contributed by atoms with E-state index in [-0.39, 0.29) is 0 Å². The largest absolute Gasteiger partial charge is 0.369 e. The van der Waals surface area contributed by atoms with Crippen molar-refractivity contribution in [3.05, 3.63) is 132 Å². The molecule has 5 aromatic rings. The molecule has 6 rings (SSSR count). The number of nitrogens with zero attached hydrogens (tertiary/aromatic N) is 3. The first-order chi connectivity index (χ1) is 16.9. The van der Waals surface area contributed by atoms with Crippen LogP contribution in [-0.4, -0.2) is 35.7 Å². The van der Waals surface area contributed by atoms with Crippen LogP contribution in [0.5, 0.6) is 0 Å². The van der Waals surface area contributed by atoms with Crippen LogP contribution in [0.25, 0.3) is 11.0 Å². The van der Waals surface area contributed by atoms with Crippen molar-refractivity contribution in [2.75, 3.05) is 31.1 Å². The highest BCUT2D eigenvalue weighted by atomic mass is 15.2. The Balaban J connectivity index is 1.67. The Morgan fingerprint density at radius 3 is 1.71 bits per heavy atom. The number of hydrogen-bond acceptors (Lipinski definition) is 3. The third kappa shape index (κ3) is 3.39. The highest BCUT2D eigenvalue weighted by molar-refractivity contribution is 5.81. The molecule has 0 amide bonds. The minimum absolute atomic E-state index is 0.555. The minimum atomic E-state index is -0.555. The van der Waals surface area contributed by atoms with Crippen molar-refractivity contribution < 1.29 is 0 Å². The molecular formula is C30H28N4. The molecule has 0 spiro atoms. The lowest BCUT2D eigenvalue weighted by atomic mass is 9.76. The number of piperazine rings is 1. The highest BCUT2D eigenvalue weighted by Crippen LogP contribution is 2.42. The van der Waals surface area contributed by atoms with Crippen LogP contribution in [0.15, 0.2) is 116 Å². The second-order valence-corrected chi connectivity index (χ2v) is 8.83. The molecule has 1 aliphatic heterocycles. The Bertz CT molecular complexity index is 1270. The van der Waals surface area contributed by atoms with Crippen molar-refractivity contribution in [1.82, 2.24) is 14.9 Å². The fourth-order valence-electron chi connectivity index (χ4n) is 5.34. The summed E-state index contributed by atoms with van der Waals surface area (Å²) in [6, 6.07) is 39.1. The van der Waals surface area contributed by atoms with Gasteiger partial charge in [0, 0.05) is 31.9 Å². The van der Waals surface area contributed by atoms with Gasteiger partial charge in [0.2, 0.25) is 0 Å². The number of aromatic nitrogens is 2. The van der Waals surface area contributed by atoms with E-state index in [4.69, 9.17) is 4.98 Å². The van der Waals surface area contributed by atoms with E-state index < -0.39 is 5.54 Å². The Morgan fingerprint density at radius 2 is 1.18 bits per heavy atom. The fraction of sp³-hybridized carbons (Fsp3) is 0.167. The summed E-state index contributed by atoms with van der Waals surface area (Å²) < 4.78 is 2.37. The summed E-state index contributed by atoms with van der Waals surface area (Å²) in [5.41, 5.74) is 6.45.